The quantitative estimate of drug-likeness (QED) is 0.813. The molecule has 1 aromatic rings. The number of nitriles is 1. The van der Waals surface area contributed by atoms with E-state index in [1.165, 1.54) is 6.07 Å². The van der Waals surface area contributed by atoms with E-state index in [9.17, 15) is 30.7 Å². The molecule has 0 atom stereocenters. The number of aliphatic hydroxyl groups is 1. The summed E-state index contributed by atoms with van der Waals surface area (Å²) in [7, 11) is 0. The maximum Gasteiger partial charge on any atom is 0.411 e. The van der Waals surface area contributed by atoms with Gasteiger partial charge in [-0.3, -0.25) is 0 Å². The summed E-state index contributed by atoms with van der Waals surface area (Å²) in [4.78, 5) is 0. The molecule has 1 aromatic carbocycles. The number of aliphatic hydroxyl groups excluding tert-OH is 1. The topological polar surface area (TPSA) is 53.2 Å². The summed E-state index contributed by atoms with van der Waals surface area (Å²) in [6, 6.07) is 4.98. The van der Waals surface area contributed by atoms with E-state index in [2.05, 4.69) is 4.74 Å². The van der Waals surface area contributed by atoms with Gasteiger partial charge in [0.1, 0.15) is 19.0 Å². The molecule has 0 aromatic heterocycles. The van der Waals surface area contributed by atoms with Crippen molar-refractivity contribution in [3.8, 4) is 6.07 Å². The molecule has 0 aliphatic rings. The lowest BCUT2D eigenvalue weighted by Gasteiger charge is -2.08. The van der Waals surface area contributed by atoms with E-state index >= 15 is 0 Å². The number of halogens is 7. The predicted molar refractivity (Wildman–Crippen MR) is 71.3 cm³/mol. The van der Waals surface area contributed by atoms with Gasteiger partial charge in [-0.25, -0.2) is 4.39 Å². The third-order valence-electron chi connectivity index (χ3n) is 1.89. The maximum absolute atomic E-state index is 12.8. The van der Waals surface area contributed by atoms with Crippen LogP contribution in [0.5, 0.6) is 0 Å². The molecule has 0 saturated carbocycles. The average molecular weight is 363 g/mol. The molecule has 3 nitrogen and oxygen atoms in total. The van der Waals surface area contributed by atoms with Gasteiger partial charge in [-0.1, -0.05) is 13.8 Å². The molecule has 1 rings (SSSR count). The summed E-state index contributed by atoms with van der Waals surface area (Å²) in [5.74, 6) is -0.621. The fraction of sp³-hybridized carbons (Fsp3) is 0.500. The lowest BCUT2D eigenvalue weighted by molar-refractivity contribution is -0.176. The zero-order valence-electron chi connectivity index (χ0n) is 12.8. The molecule has 1 N–H and O–H groups in total. The van der Waals surface area contributed by atoms with Crippen molar-refractivity contribution in [3.05, 3.63) is 35.1 Å². The van der Waals surface area contributed by atoms with Gasteiger partial charge >= 0.3 is 12.4 Å². The van der Waals surface area contributed by atoms with Crippen molar-refractivity contribution in [2.75, 3.05) is 13.2 Å². The zero-order valence-corrected chi connectivity index (χ0v) is 12.8. The second-order valence-electron chi connectivity index (χ2n) is 3.79. The van der Waals surface area contributed by atoms with Gasteiger partial charge in [-0.2, -0.15) is 31.6 Å². The smallest absolute Gasteiger partial charge is 0.387 e. The number of hydrogen-bond donors (Lipinski definition) is 1. The first kappa shape index (κ1) is 24.4. The van der Waals surface area contributed by atoms with Crippen LogP contribution in [-0.4, -0.2) is 30.7 Å². The second-order valence-corrected chi connectivity index (χ2v) is 3.79. The van der Waals surface area contributed by atoms with Crippen LogP contribution in [0.4, 0.5) is 30.7 Å². The number of rotatable bonds is 3. The highest BCUT2D eigenvalue weighted by molar-refractivity contribution is 5.37. The molecule has 0 fully saturated rings. The molecule has 10 heteroatoms. The first-order valence-electron chi connectivity index (χ1n) is 6.49. The summed E-state index contributed by atoms with van der Waals surface area (Å²) in [5, 5.41) is 15.9. The van der Waals surface area contributed by atoms with Crippen LogP contribution in [0.15, 0.2) is 18.2 Å². The van der Waals surface area contributed by atoms with Crippen molar-refractivity contribution in [2.24, 2.45) is 0 Å². The van der Waals surface area contributed by atoms with Gasteiger partial charge in [0.2, 0.25) is 0 Å². The standard InChI is InChI=1S/C10H7F4NO.C2H3F3O.C2H6/c11-9-2-1-7(4-15)8(3-9)5-16-6-10(12,13)14;3-2(4,5)1-6;1-2/h1-3H,5-6H2;6H,1H2;1-2H3. The Morgan fingerprint density at radius 1 is 1.08 bits per heavy atom. The minimum Gasteiger partial charge on any atom is -0.387 e. The van der Waals surface area contributed by atoms with E-state index in [0.717, 1.165) is 12.1 Å². The molecule has 0 amide bonds. The van der Waals surface area contributed by atoms with Crippen molar-refractivity contribution >= 4 is 0 Å². The van der Waals surface area contributed by atoms with Crippen molar-refractivity contribution < 1.29 is 40.6 Å². The van der Waals surface area contributed by atoms with Gasteiger partial charge < -0.3 is 9.84 Å². The Labute approximate surface area is 134 Å². The lowest BCUT2D eigenvalue weighted by Crippen LogP contribution is -2.17. The van der Waals surface area contributed by atoms with Crippen molar-refractivity contribution in [3.63, 3.8) is 0 Å². The van der Waals surface area contributed by atoms with Crippen LogP contribution in [-0.2, 0) is 11.3 Å². The van der Waals surface area contributed by atoms with Crippen LogP contribution >= 0.6 is 0 Å². The van der Waals surface area contributed by atoms with Crippen LogP contribution in [0.1, 0.15) is 25.0 Å². The third kappa shape index (κ3) is 13.8. The molecule has 0 aliphatic carbocycles. The number of hydrogen-bond acceptors (Lipinski definition) is 3. The van der Waals surface area contributed by atoms with E-state index in [-0.39, 0.29) is 11.1 Å². The number of alkyl halides is 6. The van der Waals surface area contributed by atoms with Crippen molar-refractivity contribution in [1.82, 2.24) is 0 Å². The van der Waals surface area contributed by atoms with E-state index in [1.807, 2.05) is 13.8 Å². The lowest BCUT2D eigenvalue weighted by atomic mass is 10.1. The maximum atomic E-state index is 12.8. The molecule has 0 aliphatic heterocycles. The molecule has 24 heavy (non-hydrogen) atoms. The van der Waals surface area contributed by atoms with Gasteiger partial charge in [-0.15, -0.1) is 0 Å². The molecule has 0 saturated heterocycles. The molecule has 0 bridgehead atoms. The van der Waals surface area contributed by atoms with E-state index in [4.69, 9.17) is 10.4 Å². The molecule has 0 radical (unpaired) electrons. The minimum absolute atomic E-state index is 0.101. The van der Waals surface area contributed by atoms with Crippen LogP contribution < -0.4 is 0 Å². The number of benzene rings is 1. The third-order valence-corrected chi connectivity index (χ3v) is 1.89. The van der Waals surface area contributed by atoms with Crippen molar-refractivity contribution in [2.45, 2.75) is 32.8 Å². The predicted octanol–water partition coefficient (Wildman–Crippen LogP) is 4.34. The summed E-state index contributed by atoms with van der Waals surface area (Å²) >= 11 is 0. The zero-order chi connectivity index (χ0) is 19.4. The normalized spacial score (nSPS) is 10.7. The summed E-state index contributed by atoms with van der Waals surface area (Å²) in [6.45, 7) is 0.404. The Kier molecular flexibility index (Phi) is 11.8. The number of nitrogens with zero attached hydrogens (tertiary/aromatic N) is 1. The monoisotopic (exact) mass is 363 g/mol. The van der Waals surface area contributed by atoms with Crippen LogP contribution in [0.25, 0.3) is 0 Å². The van der Waals surface area contributed by atoms with E-state index < -0.39 is 38.0 Å². The first-order chi connectivity index (χ1) is 11.0. The molecular weight excluding hydrogens is 347 g/mol. The van der Waals surface area contributed by atoms with Gasteiger partial charge in [0.25, 0.3) is 0 Å². The Hall–Kier alpha value is -1.86. The Balaban J connectivity index is 0. The fourth-order valence-electron chi connectivity index (χ4n) is 1.07. The largest absolute Gasteiger partial charge is 0.411 e. The highest BCUT2D eigenvalue weighted by Gasteiger charge is 2.27. The second kappa shape index (κ2) is 11.6. The minimum atomic E-state index is -4.43. The van der Waals surface area contributed by atoms with E-state index in [0.29, 0.717) is 0 Å². The van der Waals surface area contributed by atoms with Gasteiger partial charge in [0, 0.05) is 0 Å². The number of ether oxygens (including phenoxy) is 1. The highest BCUT2D eigenvalue weighted by atomic mass is 19.4. The van der Waals surface area contributed by atoms with Crippen LogP contribution in [0.2, 0.25) is 0 Å². The molecule has 0 unspecified atom stereocenters. The molecule has 0 heterocycles. The summed E-state index contributed by atoms with van der Waals surface area (Å²) in [5.41, 5.74) is 0.204. The molecular formula is C14H16F7NO2. The fourth-order valence-corrected chi connectivity index (χ4v) is 1.07. The van der Waals surface area contributed by atoms with Gasteiger partial charge in [0.15, 0.2) is 0 Å². The SMILES string of the molecule is CC.N#Cc1ccc(F)cc1COCC(F)(F)F.OCC(F)(F)F. The van der Waals surface area contributed by atoms with Gasteiger partial charge in [-0.05, 0) is 23.8 Å². The summed E-state index contributed by atoms with van der Waals surface area (Å²) in [6.07, 6.45) is -8.83. The molecule has 0 spiro atoms. The molecule has 138 valence electrons. The van der Waals surface area contributed by atoms with Crippen molar-refractivity contribution in [1.29, 1.82) is 5.26 Å². The van der Waals surface area contributed by atoms with Crippen LogP contribution in [0, 0.1) is 17.1 Å². The van der Waals surface area contributed by atoms with E-state index in [1.54, 1.807) is 6.07 Å². The first-order valence-corrected chi connectivity index (χ1v) is 6.49. The Morgan fingerprint density at radius 2 is 1.58 bits per heavy atom. The Bertz CT molecular complexity index is 507. The highest BCUT2D eigenvalue weighted by Crippen LogP contribution is 2.17. The summed E-state index contributed by atoms with van der Waals surface area (Å²) < 4.78 is 84.0. The average Bonchev–Trinajstić information content (AvgIpc) is 2.48. The van der Waals surface area contributed by atoms with Crippen LogP contribution in [0.3, 0.4) is 0 Å². The Morgan fingerprint density at radius 3 is 1.96 bits per heavy atom. The van der Waals surface area contributed by atoms with Gasteiger partial charge in [0.05, 0.1) is 18.2 Å².